The van der Waals surface area contributed by atoms with Crippen LogP contribution in [0.1, 0.15) is 71.6 Å². The van der Waals surface area contributed by atoms with Crippen LogP contribution in [0.5, 0.6) is 0 Å². The van der Waals surface area contributed by atoms with E-state index in [4.69, 9.17) is 0 Å². The molecule has 0 spiro atoms. The summed E-state index contributed by atoms with van der Waals surface area (Å²) in [5.74, 6) is 1.18. The maximum absolute atomic E-state index is 12.9. The van der Waals surface area contributed by atoms with Gasteiger partial charge in [-0.05, 0) is 68.1 Å². The van der Waals surface area contributed by atoms with E-state index in [1.807, 2.05) is 0 Å². The van der Waals surface area contributed by atoms with E-state index in [-0.39, 0.29) is 5.41 Å². The molecule has 0 aliphatic heterocycles. The molecule has 0 heterocycles. The van der Waals surface area contributed by atoms with Crippen LogP contribution in [0.2, 0.25) is 0 Å². The number of amides is 1. The molecule has 0 aromatic rings. The Kier molecular flexibility index (Phi) is 4.18. The van der Waals surface area contributed by atoms with Gasteiger partial charge in [0.25, 0.3) is 0 Å². The van der Waals surface area contributed by atoms with Crippen LogP contribution in [0, 0.1) is 22.2 Å². The Bertz CT molecular complexity index is 403. The van der Waals surface area contributed by atoms with E-state index in [1.165, 1.54) is 32.1 Å². The van der Waals surface area contributed by atoms with Gasteiger partial charge in [-0.1, -0.05) is 36.2 Å². The minimum Gasteiger partial charge on any atom is -0.356 e. The zero-order valence-electron chi connectivity index (χ0n) is 13.6. The van der Waals surface area contributed by atoms with Gasteiger partial charge >= 0.3 is 0 Å². The second-order valence-corrected chi connectivity index (χ2v) is 9.71. The van der Waals surface area contributed by atoms with Crippen LogP contribution in [-0.4, -0.2) is 17.8 Å². The van der Waals surface area contributed by atoms with Crippen molar-refractivity contribution in [3.05, 3.63) is 0 Å². The summed E-state index contributed by atoms with van der Waals surface area (Å²) in [6.07, 6.45) is 11.0. The van der Waals surface area contributed by atoms with Crippen molar-refractivity contribution >= 4 is 21.8 Å². The number of hydrogen-bond acceptors (Lipinski definition) is 1. The lowest BCUT2D eigenvalue weighted by Gasteiger charge is -2.64. The predicted molar refractivity (Wildman–Crippen MR) is 90.5 cm³/mol. The van der Waals surface area contributed by atoms with Crippen molar-refractivity contribution < 1.29 is 4.79 Å². The van der Waals surface area contributed by atoms with E-state index in [0.717, 1.165) is 43.5 Å². The van der Waals surface area contributed by atoms with E-state index >= 15 is 0 Å². The summed E-state index contributed by atoms with van der Waals surface area (Å²) in [6, 6.07) is 0. The number of alkyl halides is 1. The Labute approximate surface area is 138 Å². The SMILES string of the molecule is CC12CC3CC(C)(C1)CC(C(=O)NCCCCCBr)(C3)C2. The minimum atomic E-state index is -0.0294. The third-order valence-electron chi connectivity index (χ3n) is 6.20. The first-order valence-corrected chi connectivity index (χ1v) is 9.85. The van der Waals surface area contributed by atoms with Crippen molar-refractivity contribution in [1.29, 1.82) is 0 Å². The minimum absolute atomic E-state index is 0.0294. The molecule has 4 aliphatic carbocycles. The van der Waals surface area contributed by atoms with Gasteiger partial charge in [-0.3, -0.25) is 4.79 Å². The van der Waals surface area contributed by atoms with Gasteiger partial charge in [0.15, 0.2) is 0 Å². The van der Waals surface area contributed by atoms with Gasteiger partial charge in [0.1, 0.15) is 0 Å². The second kappa shape index (κ2) is 5.54. The first kappa shape index (κ1) is 15.8. The van der Waals surface area contributed by atoms with Gasteiger partial charge in [-0.15, -0.1) is 0 Å². The number of rotatable bonds is 6. The average Bonchev–Trinajstić information content (AvgIpc) is 2.33. The van der Waals surface area contributed by atoms with Gasteiger partial charge in [0, 0.05) is 11.9 Å². The molecular formula is C18H30BrNO. The average molecular weight is 356 g/mol. The molecule has 2 unspecified atom stereocenters. The van der Waals surface area contributed by atoms with E-state index in [9.17, 15) is 4.79 Å². The molecule has 2 nitrogen and oxygen atoms in total. The molecule has 0 aromatic heterocycles. The number of hydrogen-bond donors (Lipinski definition) is 1. The Morgan fingerprint density at radius 3 is 2.29 bits per heavy atom. The molecule has 120 valence electrons. The summed E-state index contributed by atoms with van der Waals surface area (Å²) in [6.45, 7) is 5.74. The summed E-state index contributed by atoms with van der Waals surface area (Å²) in [5.41, 5.74) is 0.835. The van der Waals surface area contributed by atoms with Crippen molar-refractivity contribution in [3.8, 4) is 0 Å². The van der Waals surface area contributed by atoms with Crippen LogP contribution in [-0.2, 0) is 4.79 Å². The topological polar surface area (TPSA) is 29.1 Å². The molecule has 4 aliphatic rings. The summed E-state index contributed by atoms with van der Waals surface area (Å²) in [4.78, 5) is 12.9. The number of unbranched alkanes of at least 4 members (excludes halogenated alkanes) is 2. The molecule has 4 fully saturated rings. The zero-order valence-corrected chi connectivity index (χ0v) is 15.2. The monoisotopic (exact) mass is 355 g/mol. The summed E-state index contributed by atoms with van der Waals surface area (Å²) in [7, 11) is 0. The molecule has 21 heavy (non-hydrogen) atoms. The lowest BCUT2D eigenvalue weighted by atomic mass is 9.40. The molecule has 3 heteroatoms. The molecule has 1 N–H and O–H groups in total. The van der Waals surface area contributed by atoms with Crippen LogP contribution >= 0.6 is 15.9 Å². The summed E-state index contributed by atoms with van der Waals surface area (Å²) < 4.78 is 0. The fourth-order valence-electron chi connectivity index (χ4n) is 6.49. The van der Waals surface area contributed by atoms with Gasteiger partial charge < -0.3 is 5.32 Å². The van der Waals surface area contributed by atoms with E-state index in [0.29, 0.717) is 16.7 Å². The van der Waals surface area contributed by atoms with Crippen molar-refractivity contribution in [3.63, 3.8) is 0 Å². The van der Waals surface area contributed by atoms with E-state index in [2.05, 4.69) is 35.1 Å². The second-order valence-electron chi connectivity index (χ2n) is 8.92. The largest absolute Gasteiger partial charge is 0.356 e. The number of carbonyl (C=O) groups excluding carboxylic acids is 1. The van der Waals surface area contributed by atoms with Gasteiger partial charge in [0.05, 0.1) is 5.41 Å². The fourth-order valence-corrected chi connectivity index (χ4v) is 6.88. The normalized spacial score (nSPS) is 44.0. The maximum atomic E-state index is 12.9. The molecule has 2 atom stereocenters. The Hall–Kier alpha value is -0.0500. The molecule has 0 radical (unpaired) electrons. The van der Waals surface area contributed by atoms with Gasteiger partial charge in [-0.25, -0.2) is 0 Å². The van der Waals surface area contributed by atoms with Crippen molar-refractivity contribution in [2.24, 2.45) is 22.2 Å². The highest BCUT2D eigenvalue weighted by Crippen LogP contribution is 2.69. The zero-order chi connectivity index (χ0) is 15.1. The molecule has 0 saturated heterocycles. The number of halogens is 1. The van der Waals surface area contributed by atoms with Crippen LogP contribution in [0.25, 0.3) is 0 Å². The molecule has 4 rings (SSSR count). The fraction of sp³-hybridized carbons (Fsp3) is 0.944. The summed E-state index contributed by atoms with van der Waals surface area (Å²) in [5, 5.41) is 4.35. The third kappa shape index (κ3) is 3.04. The summed E-state index contributed by atoms with van der Waals surface area (Å²) >= 11 is 3.46. The number of carbonyl (C=O) groups is 1. The number of nitrogens with one attached hydrogen (secondary N) is 1. The lowest BCUT2D eigenvalue weighted by Crippen LogP contribution is -2.59. The maximum Gasteiger partial charge on any atom is 0.226 e. The molecule has 4 bridgehead atoms. The van der Waals surface area contributed by atoms with E-state index < -0.39 is 0 Å². The third-order valence-corrected chi connectivity index (χ3v) is 6.76. The van der Waals surface area contributed by atoms with Crippen LogP contribution in [0.4, 0.5) is 0 Å². The van der Waals surface area contributed by atoms with Crippen LogP contribution in [0.3, 0.4) is 0 Å². The molecular weight excluding hydrogens is 326 g/mol. The highest BCUT2D eigenvalue weighted by molar-refractivity contribution is 9.09. The standard InChI is InChI=1S/C18H30BrNO/c1-16-8-14-9-17(2,11-16)13-18(10-14,12-16)15(21)20-7-5-3-4-6-19/h14H,3-13H2,1-2H3,(H,20,21). The molecule has 1 amide bonds. The quantitative estimate of drug-likeness (QED) is 0.544. The molecule has 0 aromatic carbocycles. The predicted octanol–water partition coefficient (Wildman–Crippen LogP) is 4.66. The van der Waals surface area contributed by atoms with Crippen LogP contribution < -0.4 is 5.32 Å². The van der Waals surface area contributed by atoms with Crippen molar-refractivity contribution in [2.45, 2.75) is 71.6 Å². The van der Waals surface area contributed by atoms with E-state index in [1.54, 1.807) is 0 Å². The Morgan fingerprint density at radius 1 is 1.05 bits per heavy atom. The van der Waals surface area contributed by atoms with Gasteiger partial charge in [-0.2, -0.15) is 0 Å². The highest BCUT2D eigenvalue weighted by atomic mass is 79.9. The lowest BCUT2D eigenvalue weighted by molar-refractivity contribution is -0.170. The van der Waals surface area contributed by atoms with Gasteiger partial charge in [0.2, 0.25) is 5.91 Å². The highest BCUT2D eigenvalue weighted by Gasteiger charge is 2.62. The van der Waals surface area contributed by atoms with Crippen LogP contribution in [0.15, 0.2) is 0 Å². The smallest absolute Gasteiger partial charge is 0.226 e. The Balaban J connectivity index is 1.63. The first-order chi connectivity index (χ1) is 9.89. The van der Waals surface area contributed by atoms with Crippen molar-refractivity contribution in [1.82, 2.24) is 5.32 Å². The first-order valence-electron chi connectivity index (χ1n) is 8.73. The Morgan fingerprint density at radius 2 is 1.71 bits per heavy atom. The van der Waals surface area contributed by atoms with Crippen molar-refractivity contribution in [2.75, 3.05) is 11.9 Å². The molecule has 4 saturated carbocycles.